The Hall–Kier alpha value is -2.42. The molecule has 0 unspecified atom stereocenters. The van der Waals surface area contributed by atoms with E-state index in [9.17, 15) is 31.1 Å². The summed E-state index contributed by atoms with van der Waals surface area (Å²) in [5.74, 6) is -1.08. The van der Waals surface area contributed by atoms with Gasteiger partial charge in [0.15, 0.2) is 0 Å². The van der Waals surface area contributed by atoms with Gasteiger partial charge < -0.3 is 5.32 Å². The first-order chi connectivity index (χ1) is 10.6. The van der Waals surface area contributed by atoms with Crippen LogP contribution >= 0.6 is 0 Å². The summed E-state index contributed by atoms with van der Waals surface area (Å²) in [6.45, 7) is -0.0252. The predicted octanol–water partition coefficient (Wildman–Crippen LogP) is 4.15. The molecule has 0 radical (unpaired) electrons. The molecule has 1 amide bonds. The van der Waals surface area contributed by atoms with E-state index in [0.29, 0.717) is 12.1 Å². The van der Waals surface area contributed by atoms with Gasteiger partial charge in [-0.05, 0) is 30.2 Å². The standard InChI is InChI=1S/C12H10F6N4O/c13-11(14,15)8-4-7(5-9(6-8)12(16,17)18)10(23)20-2-1-3-21-22-19/h4-6H,1-3H2,(H,20,23). The molecule has 11 heteroatoms. The number of hydrogen-bond acceptors (Lipinski definition) is 2. The molecule has 1 aromatic rings. The highest BCUT2D eigenvalue weighted by atomic mass is 19.4. The first kappa shape index (κ1) is 18.6. The van der Waals surface area contributed by atoms with Crippen LogP contribution in [0.2, 0.25) is 0 Å². The van der Waals surface area contributed by atoms with Gasteiger partial charge in [0, 0.05) is 23.6 Å². The molecule has 0 spiro atoms. The van der Waals surface area contributed by atoms with Crippen LogP contribution in [-0.2, 0) is 12.4 Å². The molecule has 5 nitrogen and oxygen atoms in total. The number of amides is 1. The van der Waals surface area contributed by atoms with E-state index < -0.39 is 35.0 Å². The van der Waals surface area contributed by atoms with Crippen molar-refractivity contribution in [3.63, 3.8) is 0 Å². The van der Waals surface area contributed by atoms with Gasteiger partial charge in [-0.15, -0.1) is 0 Å². The quantitative estimate of drug-likeness (QED) is 0.282. The predicted molar refractivity (Wildman–Crippen MR) is 67.4 cm³/mol. The SMILES string of the molecule is [N-]=[N+]=NCCCNC(=O)c1cc(C(F)(F)F)cc(C(F)(F)F)c1. The molecule has 0 heterocycles. The number of carbonyl (C=O) groups is 1. The average molecular weight is 340 g/mol. The lowest BCUT2D eigenvalue weighted by Crippen LogP contribution is -2.26. The third-order valence-corrected chi connectivity index (χ3v) is 2.63. The molecule has 0 aliphatic rings. The van der Waals surface area contributed by atoms with E-state index in [1.807, 2.05) is 0 Å². The van der Waals surface area contributed by atoms with E-state index in [2.05, 4.69) is 15.3 Å². The Morgan fingerprint density at radius 3 is 2.04 bits per heavy atom. The second kappa shape index (κ2) is 7.23. The van der Waals surface area contributed by atoms with Crippen LogP contribution in [0.25, 0.3) is 10.4 Å². The summed E-state index contributed by atoms with van der Waals surface area (Å²) < 4.78 is 75.9. The van der Waals surface area contributed by atoms with Crippen LogP contribution in [-0.4, -0.2) is 19.0 Å². The van der Waals surface area contributed by atoms with Crippen LogP contribution in [0.5, 0.6) is 0 Å². The molecule has 0 fully saturated rings. The summed E-state index contributed by atoms with van der Waals surface area (Å²) in [5, 5.41) is 5.32. The summed E-state index contributed by atoms with van der Waals surface area (Å²) in [4.78, 5) is 14.1. The van der Waals surface area contributed by atoms with Gasteiger partial charge in [0.2, 0.25) is 0 Å². The normalized spacial score (nSPS) is 11.7. The number of azide groups is 1. The second-order valence-electron chi connectivity index (χ2n) is 4.36. The zero-order valence-electron chi connectivity index (χ0n) is 11.4. The molecule has 0 saturated carbocycles. The third kappa shape index (κ3) is 5.70. The van der Waals surface area contributed by atoms with Crippen molar-refractivity contribution in [2.24, 2.45) is 5.11 Å². The molecule has 0 aliphatic carbocycles. The van der Waals surface area contributed by atoms with Crippen LogP contribution in [0.3, 0.4) is 0 Å². The van der Waals surface area contributed by atoms with E-state index in [1.165, 1.54) is 0 Å². The van der Waals surface area contributed by atoms with Crippen molar-refractivity contribution in [3.05, 3.63) is 45.3 Å². The minimum atomic E-state index is -5.02. The largest absolute Gasteiger partial charge is 0.416 e. The van der Waals surface area contributed by atoms with Crippen molar-refractivity contribution in [1.29, 1.82) is 0 Å². The topological polar surface area (TPSA) is 77.9 Å². The highest BCUT2D eigenvalue weighted by molar-refractivity contribution is 5.94. The number of alkyl halides is 6. The van der Waals surface area contributed by atoms with Gasteiger partial charge in [-0.25, -0.2) is 0 Å². The summed E-state index contributed by atoms with van der Waals surface area (Å²) in [5.41, 5.74) is 4.14. The summed E-state index contributed by atoms with van der Waals surface area (Å²) in [6, 6.07) is 0.633. The van der Waals surface area contributed by atoms with Gasteiger partial charge in [-0.1, -0.05) is 5.11 Å². The Labute approximate surface area is 125 Å². The lowest BCUT2D eigenvalue weighted by atomic mass is 10.0. The van der Waals surface area contributed by atoms with Gasteiger partial charge in [0.05, 0.1) is 11.1 Å². The zero-order chi connectivity index (χ0) is 17.7. The summed E-state index contributed by atoms with van der Waals surface area (Å²) >= 11 is 0. The van der Waals surface area contributed by atoms with Gasteiger partial charge in [-0.2, -0.15) is 26.3 Å². The summed E-state index contributed by atoms with van der Waals surface area (Å²) in [6.07, 6.45) is -9.84. The Bertz CT molecular complexity index is 587. The highest BCUT2D eigenvalue weighted by Gasteiger charge is 2.37. The molecule has 1 aromatic carbocycles. The number of halogens is 6. The minimum Gasteiger partial charge on any atom is -0.352 e. The van der Waals surface area contributed by atoms with Gasteiger partial charge in [-0.3, -0.25) is 4.79 Å². The second-order valence-corrected chi connectivity index (χ2v) is 4.36. The molecule has 0 bridgehead atoms. The van der Waals surface area contributed by atoms with Crippen LogP contribution in [0.15, 0.2) is 23.3 Å². The third-order valence-electron chi connectivity index (χ3n) is 2.63. The fraction of sp³-hybridized carbons (Fsp3) is 0.417. The minimum absolute atomic E-state index is 0.0349. The van der Waals surface area contributed by atoms with Gasteiger partial charge in [0.25, 0.3) is 5.91 Å². The highest BCUT2D eigenvalue weighted by Crippen LogP contribution is 2.36. The van der Waals surface area contributed by atoms with E-state index >= 15 is 0 Å². The monoisotopic (exact) mass is 340 g/mol. The number of nitrogens with zero attached hydrogens (tertiary/aromatic N) is 3. The average Bonchev–Trinajstić information content (AvgIpc) is 2.44. The van der Waals surface area contributed by atoms with Crippen molar-refractivity contribution in [2.75, 3.05) is 13.1 Å². The van der Waals surface area contributed by atoms with E-state index in [0.717, 1.165) is 0 Å². The maximum Gasteiger partial charge on any atom is 0.416 e. The van der Waals surface area contributed by atoms with Crippen molar-refractivity contribution in [1.82, 2.24) is 5.32 Å². The first-order valence-corrected chi connectivity index (χ1v) is 6.14. The Morgan fingerprint density at radius 2 is 1.61 bits per heavy atom. The summed E-state index contributed by atoms with van der Waals surface area (Å²) in [7, 11) is 0. The molecule has 0 aliphatic heterocycles. The van der Waals surface area contributed by atoms with Crippen LogP contribution in [0.4, 0.5) is 26.3 Å². The van der Waals surface area contributed by atoms with E-state index in [4.69, 9.17) is 5.53 Å². The van der Waals surface area contributed by atoms with Crippen molar-refractivity contribution < 1.29 is 31.1 Å². The van der Waals surface area contributed by atoms with Gasteiger partial charge >= 0.3 is 12.4 Å². The number of rotatable bonds is 5. The van der Waals surface area contributed by atoms with Crippen molar-refractivity contribution in [2.45, 2.75) is 18.8 Å². The maximum absolute atomic E-state index is 12.6. The molecule has 23 heavy (non-hydrogen) atoms. The van der Waals surface area contributed by atoms with Crippen molar-refractivity contribution >= 4 is 5.91 Å². The van der Waals surface area contributed by atoms with Gasteiger partial charge in [0.1, 0.15) is 0 Å². The first-order valence-electron chi connectivity index (χ1n) is 6.14. The molecule has 0 saturated heterocycles. The van der Waals surface area contributed by atoms with E-state index in [1.54, 1.807) is 0 Å². The Balaban J connectivity index is 3.00. The molecule has 1 rings (SSSR count). The maximum atomic E-state index is 12.6. The Morgan fingerprint density at radius 1 is 1.09 bits per heavy atom. The number of carbonyl (C=O) groups excluding carboxylic acids is 1. The molecule has 0 atom stereocenters. The molecular weight excluding hydrogens is 330 g/mol. The van der Waals surface area contributed by atoms with Crippen LogP contribution in [0, 0.1) is 0 Å². The fourth-order valence-corrected chi connectivity index (χ4v) is 1.58. The lowest BCUT2D eigenvalue weighted by molar-refractivity contribution is -0.143. The van der Waals surface area contributed by atoms with E-state index in [-0.39, 0.29) is 25.6 Å². The number of hydrogen-bond donors (Lipinski definition) is 1. The smallest absolute Gasteiger partial charge is 0.352 e. The molecular formula is C12H10F6N4O. The Kier molecular flexibility index (Phi) is 5.85. The molecule has 1 N–H and O–H groups in total. The zero-order valence-corrected chi connectivity index (χ0v) is 11.4. The van der Waals surface area contributed by atoms with Crippen LogP contribution in [0.1, 0.15) is 27.9 Å². The molecule has 126 valence electrons. The van der Waals surface area contributed by atoms with Crippen LogP contribution < -0.4 is 5.32 Å². The van der Waals surface area contributed by atoms with Crippen molar-refractivity contribution in [3.8, 4) is 0 Å². The lowest BCUT2D eigenvalue weighted by Gasteiger charge is -2.14. The number of benzene rings is 1. The fourth-order valence-electron chi connectivity index (χ4n) is 1.58. The molecule has 0 aromatic heterocycles. The number of nitrogens with one attached hydrogen (secondary N) is 1.